The summed E-state index contributed by atoms with van der Waals surface area (Å²) in [6.45, 7) is 3.73. The van der Waals surface area contributed by atoms with Crippen LogP contribution in [0.2, 0.25) is 5.15 Å². The van der Waals surface area contributed by atoms with Crippen LogP contribution >= 0.6 is 11.6 Å². The van der Waals surface area contributed by atoms with Crippen molar-refractivity contribution in [1.82, 2.24) is 15.2 Å². The highest BCUT2D eigenvalue weighted by Crippen LogP contribution is 2.06. The van der Waals surface area contributed by atoms with Crippen molar-refractivity contribution in [3.8, 4) is 0 Å². The van der Waals surface area contributed by atoms with Crippen molar-refractivity contribution in [2.24, 2.45) is 0 Å². The summed E-state index contributed by atoms with van der Waals surface area (Å²) in [6, 6.07) is 5.49. The largest absolute Gasteiger partial charge is 0.355 e. The first-order chi connectivity index (χ1) is 8.11. The first kappa shape index (κ1) is 13.9. The Morgan fingerprint density at radius 2 is 2.29 bits per heavy atom. The summed E-state index contributed by atoms with van der Waals surface area (Å²) in [5.41, 5.74) is 0.864. The molecule has 4 nitrogen and oxygen atoms in total. The number of nitrogens with zero attached hydrogens (tertiary/aromatic N) is 2. The number of carbonyl (C=O) groups excluding carboxylic acids is 1. The lowest BCUT2D eigenvalue weighted by Gasteiger charge is -2.15. The highest BCUT2D eigenvalue weighted by molar-refractivity contribution is 6.29. The Hall–Kier alpha value is -1.13. The molecule has 0 atom stereocenters. The van der Waals surface area contributed by atoms with Crippen LogP contribution in [0.5, 0.6) is 0 Å². The Kier molecular flexibility index (Phi) is 5.94. The monoisotopic (exact) mass is 255 g/mol. The molecule has 1 aromatic heterocycles. The molecule has 0 aliphatic carbocycles. The smallest absolute Gasteiger partial charge is 0.234 e. The van der Waals surface area contributed by atoms with Crippen molar-refractivity contribution in [3.63, 3.8) is 0 Å². The second-order valence-corrected chi connectivity index (χ2v) is 4.36. The van der Waals surface area contributed by atoms with E-state index in [-0.39, 0.29) is 5.91 Å². The molecule has 1 heterocycles. The molecule has 5 heteroatoms. The second-order valence-electron chi connectivity index (χ2n) is 3.97. The number of halogens is 1. The molecule has 0 bridgehead atoms. The van der Waals surface area contributed by atoms with Crippen LogP contribution in [0.3, 0.4) is 0 Å². The zero-order valence-corrected chi connectivity index (χ0v) is 11.0. The van der Waals surface area contributed by atoms with Crippen molar-refractivity contribution < 1.29 is 4.79 Å². The van der Waals surface area contributed by atoms with Gasteiger partial charge < -0.3 is 5.32 Å². The Morgan fingerprint density at radius 1 is 1.53 bits per heavy atom. The molecule has 0 spiro atoms. The Balaban J connectivity index is 2.39. The van der Waals surface area contributed by atoms with E-state index in [0.29, 0.717) is 18.2 Å². The third-order valence-corrected chi connectivity index (χ3v) is 2.40. The van der Waals surface area contributed by atoms with E-state index < -0.39 is 0 Å². The SMILES string of the molecule is CCCNC(=O)CN(C)Cc1cccc(Cl)n1. The van der Waals surface area contributed by atoms with Gasteiger partial charge in [-0.05, 0) is 25.6 Å². The molecule has 0 saturated heterocycles. The van der Waals surface area contributed by atoms with E-state index in [1.165, 1.54) is 0 Å². The predicted molar refractivity (Wildman–Crippen MR) is 68.9 cm³/mol. The fraction of sp³-hybridized carbons (Fsp3) is 0.500. The zero-order chi connectivity index (χ0) is 12.7. The molecular weight excluding hydrogens is 238 g/mol. The van der Waals surface area contributed by atoms with Gasteiger partial charge in [0.1, 0.15) is 5.15 Å². The quantitative estimate of drug-likeness (QED) is 0.787. The average molecular weight is 256 g/mol. The lowest BCUT2D eigenvalue weighted by atomic mass is 10.3. The van der Waals surface area contributed by atoms with Gasteiger partial charge in [0.25, 0.3) is 0 Å². The molecule has 0 aromatic carbocycles. The van der Waals surface area contributed by atoms with Crippen molar-refractivity contribution in [1.29, 1.82) is 0 Å². The minimum absolute atomic E-state index is 0.0383. The minimum Gasteiger partial charge on any atom is -0.355 e. The first-order valence-corrected chi connectivity index (χ1v) is 6.06. The van der Waals surface area contributed by atoms with Crippen LogP contribution in [0.25, 0.3) is 0 Å². The van der Waals surface area contributed by atoms with Crippen LogP contribution in [0.15, 0.2) is 18.2 Å². The highest BCUT2D eigenvalue weighted by atomic mass is 35.5. The Labute approximate surface area is 107 Å². The Morgan fingerprint density at radius 3 is 2.94 bits per heavy atom. The maximum Gasteiger partial charge on any atom is 0.234 e. The van der Waals surface area contributed by atoms with Gasteiger partial charge in [0.2, 0.25) is 5.91 Å². The maximum absolute atomic E-state index is 11.5. The van der Waals surface area contributed by atoms with E-state index in [9.17, 15) is 4.79 Å². The number of carbonyl (C=O) groups is 1. The van der Waals surface area contributed by atoms with E-state index in [1.54, 1.807) is 6.07 Å². The van der Waals surface area contributed by atoms with Crippen LogP contribution < -0.4 is 5.32 Å². The van der Waals surface area contributed by atoms with Gasteiger partial charge in [0.15, 0.2) is 0 Å². The topological polar surface area (TPSA) is 45.2 Å². The van der Waals surface area contributed by atoms with Gasteiger partial charge in [-0.1, -0.05) is 24.6 Å². The molecule has 0 radical (unpaired) electrons. The van der Waals surface area contributed by atoms with Gasteiger partial charge in [-0.3, -0.25) is 9.69 Å². The molecule has 0 aliphatic heterocycles. The predicted octanol–water partition coefficient (Wildman–Crippen LogP) is 1.69. The maximum atomic E-state index is 11.5. The number of amides is 1. The van der Waals surface area contributed by atoms with Crippen molar-refractivity contribution in [2.75, 3.05) is 20.1 Å². The molecule has 1 aromatic rings. The minimum atomic E-state index is 0.0383. The van der Waals surface area contributed by atoms with Crippen LogP contribution in [-0.4, -0.2) is 35.9 Å². The third kappa shape index (κ3) is 5.65. The molecular formula is C12H18ClN3O. The van der Waals surface area contributed by atoms with Crippen LogP contribution in [0, 0.1) is 0 Å². The molecule has 0 unspecified atom stereocenters. The summed E-state index contributed by atoms with van der Waals surface area (Å²) in [6.07, 6.45) is 0.950. The number of pyridine rings is 1. The summed E-state index contributed by atoms with van der Waals surface area (Å²) in [5, 5.41) is 3.31. The van der Waals surface area contributed by atoms with Crippen molar-refractivity contribution in [3.05, 3.63) is 29.0 Å². The van der Waals surface area contributed by atoms with E-state index in [0.717, 1.165) is 18.7 Å². The number of nitrogens with one attached hydrogen (secondary N) is 1. The first-order valence-electron chi connectivity index (χ1n) is 5.68. The number of aromatic nitrogens is 1. The van der Waals surface area contributed by atoms with Crippen molar-refractivity contribution >= 4 is 17.5 Å². The molecule has 1 N–H and O–H groups in total. The van der Waals surface area contributed by atoms with Crippen LogP contribution in [0.4, 0.5) is 0 Å². The lowest BCUT2D eigenvalue weighted by molar-refractivity contribution is -0.122. The molecule has 17 heavy (non-hydrogen) atoms. The van der Waals surface area contributed by atoms with E-state index in [1.807, 2.05) is 31.0 Å². The molecule has 1 rings (SSSR count). The van der Waals surface area contributed by atoms with Gasteiger partial charge in [0.05, 0.1) is 12.2 Å². The molecule has 0 aliphatic rings. The van der Waals surface area contributed by atoms with E-state index >= 15 is 0 Å². The fourth-order valence-corrected chi connectivity index (χ4v) is 1.62. The molecule has 0 saturated carbocycles. The van der Waals surface area contributed by atoms with Gasteiger partial charge in [-0.2, -0.15) is 0 Å². The average Bonchev–Trinajstić information content (AvgIpc) is 2.26. The number of hydrogen-bond acceptors (Lipinski definition) is 3. The number of rotatable bonds is 6. The lowest BCUT2D eigenvalue weighted by Crippen LogP contribution is -2.35. The highest BCUT2D eigenvalue weighted by Gasteiger charge is 2.07. The van der Waals surface area contributed by atoms with Gasteiger partial charge in [-0.15, -0.1) is 0 Å². The van der Waals surface area contributed by atoms with Gasteiger partial charge in [-0.25, -0.2) is 4.98 Å². The summed E-state index contributed by atoms with van der Waals surface area (Å²) in [5.74, 6) is 0.0383. The van der Waals surface area contributed by atoms with Crippen LogP contribution in [0.1, 0.15) is 19.0 Å². The summed E-state index contributed by atoms with van der Waals surface area (Å²) in [4.78, 5) is 17.6. The van der Waals surface area contributed by atoms with E-state index in [2.05, 4.69) is 10.3 Å². The number of likely N-dealkylation sites (N-methyl/N-ethyl adjacent to an activating group) is 1. The fourth-order valence-electron chi connectivity index (χ4n) is 1.44. The van der Waals surface area contributed by atoms with Gasteiger partial charge in [0, 0.05) is 13.1 Å². The summed E-state index contributed by atoms with van der Waals surface area (Å²) in [7, 11) is 1.88. The van der Waals surface area contributed by atoms with Crippen molar-refractivity contribution in [2.45, 2.75) is 19.9 Å². The number of hydrogen-bond donors (Lipinski definition) is 1. The van der Waals surface area contributed by atoms with Crippen LogP contribution in [-0.2, 0) is 11.3 Å². The molecule has 1 amide bonds. The summed E-state index contributed by atoms with van der Waals surface area (Å²) < 4.78 is 0. The molecule has 0 fully saturated rings. The second kappa shape index (κ2) is 7.25. The normalized spacial score (nSPS) is 10.6. The summed E-state index contributed by atoms with van der Waals surface area (Å²) >= 11 is 5.79. The Bertz CT molecular complexity index is 371. The van der Waals surface area contributed by atoms with E-state index in [4.69, 9.17) is 11.6 Å². The molecule has 94 valence electrons. The van der Waals surface area contributed by atoms with Gasteiger partial charge >= 0.3 is 0 Å². The third-order valence-electron chi connectivity index (χ3n) is 2.19. The standard InChI is InChI=1S/C12H18ClN3O/c1-3-7-14-12(17)9-16(2)8-10-5-4-6-11(13)15-10/h4-6H,3,7-9H2,1-2H3,(H,14,17). The zero-order valence-electron chi connectivity index (χ0n) is 10.2.